The first kappa shape index (κ1) is 20.6. The summed E-state index contributed by atoms with van der Waals surface area (Å²) in [5.41, 5.74) is 1.94. The average molecular weight is 389 g/mol. The minimum Gasteiger partial charge on any atom is -0.352 e. The van der Waals surface area contributed by atoms with E-state index >= 15 is 0 Å². The van der Waals surface area contributed by atoms with E-state index in [9.17, 15) is 18.0 Å². The van der Waals surface area contributed by atoms with Crippen LogP contribution in [0.3, 0.4) is 0 Å². The molecule has 0 radical (unpaired) electrons. The van der Waals surface area contributed by atoms with E-state index in [1.54, 1.807) is 12.1 Å². The largest absolute Gasteiger partial charge is 0.352 e. The van der Waals surface area contributed by atoms with Gasteiger partial charge in [-0.1, -0.05) is 18.2 Å². The molecule has 0 aliphatic heterocycles. The van der Waals surface area contributed by atoms with Crippen molar-refractivity contribution in [3.63, 3.8) is 0 Å². The molecule has 0 unspecified atom stereocenters. The van der Waals surface area contributed by atoms with E-state index in [1.165, 1.54) is 38.4 Å². The predicted molar refractivity (Wildman–Crippen MR) is 104 cm³/mol. The number of carbonyl (C=O) groups is 2. The Morgan fingerprint density at radius 3 is 2.22 bits per heavy atom. The highest BCUT2D eigenvalue weighted by Crippen LogP contribution is 2.16. The fourth-order valence-electron chi connectivity index (χ4n) is 2.36. The van der Waals surface area contributed by atoms with Crippen LogP contribution in [-0.4, -0.2) is 45.2 Å². The van der Waals surface area contributed by atoms with E-state index in [2.05, 4.69) is 10.6 Å². The number of carbonyl (C=O) groups excluding carboxylic acids is 2. The monoisotopic (exact) mass is 389 g/mol. The molecule has 0 aromatic heterocycles. The van der Waals surface area contributed by atoms with Crippen molar-refractivity contribution in [1.82, 2.24) is 9.62 Å². The number of nitrogens with one attached hydrogen (secondary N) is 2. The topological polar surface area (TPSA) is 95.6 Å². The number of amides is 2. The molecular weight excluding hydrogens is 366 g/mol. The van der Waals surface area contributed by atoms with Gasteiger partial charge < -0.3 is 10.6 Å². The average Bonchev–Trinajstić information content (AvgIpc) is 2.62. The number of sulfonamides is 1. The number of hydrogen-bond donors (Lipinski definition) is 2. The van der Waals surface area contributed by atoms with Crippen LogP contribution in [-0.2, 0) is 14.8 Å². The number of aryl methyl sites for hydroxylation is 1. The number of anilines is 1. The molecular formula is C19H23N3O4S. The first-order valence-corrected chi connectivity index (χ1v) is 9.82. The van der Waals surface area contributed by atoms with Gasteiger partial charge in [0.2, 0.25) is 15.9 Å². The van der Waals surface area contributed by atoms with Crippen LogP contribution in [0, 0.1) is 6.92 Å². The fourth-order valence-corrected chi connectivity index (χ4v) is 3.26. The van der Waals surface area contributed by atoms with Crippen molar-refractivity contribution in [3.05, 3.63) is 59.7 Å². The maximum Gasteiger partial charge on any atom is 0.251 e. The lowest BCUT2D eigenvalue weighted by Gasteiger charge is -2.12. The molecule has 2 aromatic carbocycles. The van der Waals surface area contributed by atoms with Gasteiger partial charge in [0.1, 0.15) is 0 Å². The van der Waals surface area contributed by atoms with Gasteiger partial charge >= 0.3 is 0 Å². The zero-order valence-electron chi connectivity index (χ0n) is 15.5. The summed E-state index contributed by atoms with van der Waals surface area (Å²) in [5.74, 6) is -0.498. The van der Waals surface area contributed by atoms with Crippen LogP contribution in [0.5, 0.6) is 0 Å². The second-order valence-corrected chi connectivity index (χ2v) is 8.33. The molecule has 0 spiro atoms. The summed E-state index contributed by atoms with van der Waals surface area (Å²) in [4.78, 5) is 24.2. The van der Waals surface area contributed by atoms with Gasteiger partial charge in [0, 0.05) is 38.3 Å². The lowest BCUT2D eigenvalue weighted by atomic mass is 10.1. The van der Waals surface area contributed by atoms with E-state index in [4.69, 9.17) is 0 Å². The van der Waals surface area contributed by atoms with Crippen LogP contribution in [0.15, 0.2) is 53.4 Å². The summed E-state index contributed by atoms with van der Waals surface area (Å²) in [5, 5.41) is 5.39. The highest BCUT2D eigenvalue weighted by Gasteiger charge is 2.16. The third kappa shape index (κ3) is 5.38. The van der Waals surface area contributed by atoms with E-state index in [1.807, 2.05) is 19.1 Å². The molecule has 27 heavy (non-hydrogen) atoms. The van der Waals surface area contributed by atoms with E-state index in [0.29, 0.717) is 11.3 Å². The summed E-state index contributed by atoms with van der Waals surface area (Å²) >= 11 is 0. The Labute approximate surface area is 159 Å². The van der Waals surface area contributed by atoms with Crippen molar-refractivity contribution in [2.45, 2.75) is 18.2 Å². The molecule has 0 aliphatic carbocycles. The third-order valence-electron chi connectivity index (χ3n) is 3.94. The van der Waals surface area contributed by atoms with Crippen LogP contribution in [0.1, 0.15) is 22.3 Å². The van der Waals surface area contributed by atoms with Crippen LogP contribution in [0.2, 0.25) is 0 Å². The Hall–Kier alpha value is -2.71. The van der Waals surface area contributed by atoms with Gasteiger partial charge in [-0.25, -0.2) is 12.7 Å². The van der Waals surface area contributed by atoms with Gasteiger partial charge in [0.05, 0.1) is 4.90 Å². The lowest BCUT2D eigenvalue weighted by molar-refractivity contribution is -0.116. The smallest absolute Gasteiger partial charge is 0.251 e. The predicted octanol–water partition coefficient (Wildman–Crippen LogP) is 2.00. The molecule has 2 rings (SSSR count). The summed E-state index contributed by atoms with van der Waals surface area (Å²) in [6.07, 6.45) is 0.107. The molecule has 0 bridgehead atoms. The van der Waals surface area contributed by atoms with Crippen molar-refractivity contribution in [1.29, 1.82) is 0 Å². The first-order valence-electron chi connectivity index (χ1n) is 8.38. The molecule has 2 N–H and O–H groups in total. The number of hydrogen-bond acceptors (Lipinski definition) is 4. The van der Waals surface area contributed by atoms with E-state index in [0.717, 1.165) is 9.87 Å². The highest BCUT2D eigenvalue weighted by molar-refractivity contribution is 7.89. The Morgan fingerprint density at radius 2 is 1.63 bits per heavy atom. The molecule has 0 atom stereocenters. The van der Waals surface area contributed by atoms with Gasteiger partial charge in [-0.3, -0.25) is 9.59 Å². The summed E-state index contributed by atoms with van der Waals surface area (Å²) in [7, 11) is -0.593. The van der Waals surface area contributed by atoms with Crippen molar-refractivity contribution < 1.29 is 18.0 Å². The molecule has 7 nitrogen and oxygen atoms in total. The van der Waals surface area contributed by atoms with Crippen LogP contribution >= 0.6 is 0 Å². The van der Waals surface area contributed by atoms with Gasteiger partial charge in [-0.05, 0) is 42.8 Å². The summed E-state index contributed by atoms with van der Waals surface area (Å²) in [6.45, 7) is 2.05. The molecule has 0 saturated carbocycles. The summed E-state index contributed by atoms with van der Waals surface area (Å²) in [6, 6.07) is 13.1. The van der Waals surface area contributed by atoms with E-state index in [-0.39, 0.29) is 29.7 Å². The minimum atomic E-state index is -3.50. The number of nitrogens with zero attached hydrogens (tertiary/aromatic N) is 1. The molecule has 0 fully saturated rings. The molecule has 0 saturated heterocycles. The second kappa shape index (κ2) is 8.79. The van der Waals surface area contributed by atoms with Gasteiger partial charge in [-0.2, -0.15) is 0 Å². The Kier molecular flexibility index (Phi) is 6.70. The zero-order chi connectivity index (χ0) is 20.0. The Balaban J connectivity index is 1.86. The number of benzene rings is 2. The van der Waals surface area contributed by atoms with Gasteiger partial charge in [-0.15, -0.1) is 0 Å². The lowest BCUT2D eigenvalue weighted by Crippen LogP contribution is -2.28. The normalized spacial score (nSPS) is 11.3. The van der Waals surface area contributed by atoms with Gasteiger partial charge in [0.15, 0.2) is 0 Å². The summed E-state index contributed by atoms with van der Waals surface area (Å²) < 4.78 is 25.1. The SMILES string of the molecule is Cc1ccccc1C(=O)NCCC(=O)Nc1ccc(S(=O)(=O)N(C)C)cc1. The Morgan fingerprint density at radius 1 is 1.00 bits per heavy atom. The van der Waals surface area contributed by atoms with Crippen molar-refractivity contribution in [2.75, 3.05) is 26.0 Å². The maximum absolute atomic E-state index is 12.1. The van der Waals surface area contributed by atoms with Crippen LogP contribution in [0.4, 0.5) is 5.69 Å². The Bertz CT molecular complexity index is 922. The minimum absolute atomic E-state index is 0.107. The molecule has 0 heterocycles. The van der Waals surface area contributed by atoms with Crippen LogP contribution in [0.25, 0.3) is 0 Å². The standard InChI is InChI=1S/C19H23N3O4S/c1-14-6-4-5-7-17(14)19(24)20-13-12-18(23)21-15-8-10-16(11-9-15)27(25,26)22(2)3/h4-11H,12-13H2,1-3H3,(H,20,24)(H,21,23). The highest BCUT2D eigenvalue weighted by atomic mass is 32.2. The quantitative estimate of drug-likeness (QED) is 0.757. The fraction of sp³-hybridized carbons (Fsp3) is 0.263. The molecule has 2 amide bonds. The molecule has 2 aromatic rings. The second-order valence-electron chi connectivity index (χ2n) is 6.18. The molecule has 0 aliphatic rings. The van der Waals surface area contributed by atoms with Crippen molar-refractivity contribution in [3.8, 4) is 0 Å². The first-order chi connectivity index (χ1) is 12.7. The van der Waals surface area contributed by atoms with Crippen LogP contribution < -0.4 is 10.6 Å². The maximum atomic E-state index is 12.1. The van der Waals surface area contributed by atoms with E-state index < -0.39 is 10.0 Å². The van der Waals surface area contributed by atoms with Gasteiger partial charge in [0.25, 0.3) is 5.91 Å². The third-order valence-corrected chi connectivity index (χ3v) is 5.77. The van der Waals surface area contributed by atoms with Crippen molar-refractivity contribution >= 4 is 27.5 Å². The number of rotatable bonds is 7. The zero-order valence-corrected chi connectivity index (χ0v) is 16.3. The molecule has 8 heteroatoms. The molecule has 144 valence electrons. The van der Waals surface area contributed by atoms with Crippen molar-refractivity contribution in [2.24, 2.45) is 0 Å².